The Balaban J connectivity index is 1.82. The number of nitrogens with one attached hydrogen (secondary N) is 1. The quantitative estimate of drug-likeness (QED) is 0.596. The van der Waals surface area contributed by atoms with Gasteiger partial charge in [-0.3, -0.25) is 4.90 Å². The molecule has 1 heterocycles. The standard InChI is InChI=1S/C16H32N2O3/c1-2-3-4-5-6-7-13-21-16(19)17-9-8-10-18-11-14-20-15-12-18/h2-15H2,1H3,(H,17,19). The Kier molecular flexibility index (Phi) is 11.2. The summed E-state index contributed by atoms with van der Waals surface area (Å²) in [5.41, 5.74) is 0. The van der Waals surface area contributed by atoms with Crippen molar-refractivity contribution < 1.29 is 14.3 Å². The maximum absolute atomic E-state index is 11.5. The van der Waals surface area contributed by atoms with Crippen molar-refractivity contribution >= 4 is 6.09 Å². The minimum Gasteiger partial charge on any atom is -0.450 e. The normalized spacial score (nSPS) is 15.9. The average molecular weight is 300 g/mol. The van der Waals surface area contributed by atoms with Crippen molar-refractivity contribution in [3.63, 3.8) is 0 Å². The summed E-state index contributed by atoms with van der Waals surface area (Å²) in [6.07, 6.45) is 7.95. The lowest BCUT2D eigenvalue weighted by Crippen LogP contribution is -2.38. The number of amides is 1. The Labute approximate surface area is 129 Å². The summed E-state index contributed by atoms with van der Waals surface area (Å²) < 4.78 is 10.5. The minimum absolute atomic E-state index is 0.273. The zero-order chi connectivity index (χ0) is 15.2. The van der Waals surface area contributed by atoms with E-state index in [0.717, 1.165) is 52.1 Å². The number of alkyl carbamates (subject to hydrolysis) is 1. The Morgan fingerprint density at radius 3 is 2.57 bits per heavy atom. The number of morpholine rings is 1. The van der Waals surface area contributed by atoms with Crippen LogP contribution in [0, 0.1) is 0 Å². The molecule has 0 saturated carbocycles. The van der Waals surface area contributed by atoms with Crippen LogP contribution in [0.25, 0.3) is 0 Å². The highest BCUT2D eigenvalue weighted by atomic mass is 16.5. The topological polar surface area (TPSA) is 50.8 Å². The van der Waals surface area contributed by atoms with Gasteiger partial charge in [-0.05, 0) is 19.4 Å². The third-order valence-electron chi connectivity index (χ3n) is 3.76. The number of ether oxygens (including phenoxy) is 2. The van der Waals surface area contributed by atoms with E-state index >= 15 is 0 Å². The second-order valence-corrected chi connectivity index (χ2v) is 5.64. The van der Waals surface area contributed by atoms with Gasteiger partial charge in [0.2, 0.25) is 0 Å². The summed E-state index contributed by atoms with van der Waals surface area (Å²) in [6.45, 7) is 8.12. The molecule has 0 aromatic carbocycles. The Hall–Kier alpha value is -0.810. The smallest absolute Gasteiger partial charge is 0.407 e. The molecule has 21 heavy (non-hydrogen) atoms. The lowest BCUT2D eigenvalue weighted by molar-refractivity contribution is 0.0374. The van der Waals surface area contributed by atoms with Gasteiger partial charge in [0.1, 0.15) is 0 Å². The highest BCUT2D eigenvalue weighted by molar-refractivity contribution is 5.66. The molecule has 1 aliphatic heterocycles. The molecule has 0 atom stereocenters. The summed E-state index contributed by atoms with van der Waals surface area (Å²) in [5, 5.41) is 2.81. The number of hydrogen-bond acceptors (Lipinski definition) is 4. The van der Waals surface area contributed by atoms with Crippen LogP contribution < -0.4 is 5.32 Å². The Morgan fingerprint density at radius 1 is 1.10 bits per heavy atom. The summed E-state index contributed by atoms with van der Waals surface area (Å²) in [6, 6.07) is 0. The van der Waals surface area contributed by atoms with Crippen LogP contribution in [0.5, 0.6) is 0 Å². The van der Waals surface area contributed by atoms with E-state index in [1.165, 1.54) is 25.7 Å². The maximum Gasteiger partial charge on any atom is 0.407 e. The molecule has 1 amide bonds. The molecule has 1 aliphatic rings. The van der Waals surface area contributed by atoms with E-state index in [4.69, 9.17) is 9.47 Å². The third kappa shape index (κ3) is 10.5. The number of nitrogens with zero attached hydrogens (tertiary/aromatic N) is 1. The van der Waals surface area contributed by atoms with Crippen molar-refractivity contribution in [3.8, 4) is 0 Å². The molecule has 1 saturated heterocycles. The van der Waals surface area contributed by atoms with E-state index in [2.05, 4.69) is 17.1 Å². The number of hydrogen-bond donors (Lipinski definition) is 1. The predicted octanol–water partition coefficient (Wildman–Crippen LogP) is 2.80. The molecule has 0 aliphatic carbocycles. The van der Waals surface area contributed by atoms with Crippen LogP contribution in [0.1, 0.15) is 51.9 Å². The molecule has 0 bridgehead atoms. The van der Waals surface area contributed by atoms with Crippen molar-refractivity contribution in [3.05, 3.63) is 0 Å². The first-order chi connectivity index (χ1) is 10.3. The van der Waals surface area contributed by atoms with Gasteiger partial charge in [-0.2, -0.15) is 0 Å². The molecule has 0 unspecified atom stereocenters. The lowest BCUT2D eigenvalue weighted by atomic mass is 10.1. The third-order valence-corrected chi connectivity index (χ3v) is 3.76. The number of unbranched alkanes of at least 4 members (excludes halogenated alkanes) is 5. The fourth-order valence-electron chi connectivity index (χ4n) is 2.42. The summed E-state index contributed by atoms with van der Waals surface area (Å²) in [5.74, 6) is 0. The molecule has 0 aromatic heterocycles. The molecule has 1 N–H and O–H groups in total. The first-order valence-corrected chi connectivity index (χ1v) is 8.53. The van der Waals surface area contributed by atoms with Gasteiger partial charge in [-0.1, -0.05) is 39.0 Å². The molecular weight excluding hydrogens is 268 g/mol. The van der Waals surface area contributed by atoms with Gasteiger partial charge in [0, 0.05) is 19.6 Å². The highest BCUT2D eigenvalue weighted by Crippen LogP contribution is 2.04. The second kappa shape index (κ2) is 12.9. The fraction of sp³-hybridized carbons (Fsp3) is 0.938. The largest absolute Gasteiger partial charge is 0.450 e. The Bertz CT molecular complexity index is 256. The van der Waals surface area contributed by atoms with Gasteiger partial charge < -0.3 is 14.8 Å². The minimum atomic E-state index is -0.273. The van der Waals surface area contributed by atoms with Crippen molar-refractivity contribution in [2.75, 3.05) is 46.0 Å². The van der Waals surface area contributed by atoms with Crippen LogP contribution in [0.4, 0.5) is 4.79 Å². The van der Waals surface area contributed by atoms with E-state index in [1.807, 2.05) is 0 Å². The van der Waals surface area contributed by atoms with Crippen molar-refractivity contribution in [1.82, 2.24) is 10.2 Å². The first kappa shape index (κ1) is 18.2. The molecule has 5 nitrogen and oxygen atoms in total. The van der Waals surface area contributed by atoms with Gasteiger partial charge in [0.15, 0.2) is 0 Å². The molecule has 0 spiro atoms. The fourth-order valence-corrected chi connectivity index (χ4v) is 2.42. The molecular formula is C16H32N2O3. The van der Waals surface area contributed by atoms with Crippen LogP contribution in [0.15, 0.2) is 0 Å². The van der Waals surface area contributed by atoms with Crippen molar-refractivity contribution in [2.45, 2.75) is 51.9 Å². The van der Waals surface area contributed by atoms with Crippen LogP contribution >= 0.6 is 0 Å². The van der Waals surface area contributed by atoms with Gasteiger partial charge in [0.25, 0.3) is 0 Å². The summed E-state index contributed by atoms with van der Waals surface area (Å²) in [4.78, 5) is 13.8. The van der Waals surface area contributed by atoms with Crippen LogP contribution in [-0.2, 0) is 9.47 Å². The second-order valence-electron chi connectivity index (χ2n) is 5.64. The van der Waals surface area contributed by atoms with Gasteiger partial charge in [0.05, 0.1) is 19.8 Å². The van der Waals surface area contributed by atoms with E-state index < -0.39 is 0 Å². The summed E-state index contributed by atoms with van der Waals surface area (Å²) >= 11 is 0. The Morgan fingerprint density at radius 2 is 1.81 bits per heavy atom. The van der Waals surface area contributed by atoms with E-state index in [-0.39, 0.29) is 6.09 Å². The molecule has 0 radical (unpaired) electrons. The van der Waals surface area contributed by atoms with Crippen LogP contribution in [-0.4, -0.2) is 57.0 Å². The van der Waals surface area contributed by atoms with Gasteiger partial charge in [-0.25, -0.2) is 4.79 Å². The molecule has 124 valence electrons. The van der Waals surface area contributed by atoms with Gasteiger partial charge in [-0.15, -0.1) is 0 Å². The monoisotopic (exact) mass is 300 g/mol. The zero-order valence-corrected chi connectivity index (χ0v) is 13.6. The van der Waals surface area contributed by atoms with E-state index in [9.17, 15) is 4.79 Å². The van der Waals surface area contributed by atoms with Crippen molar-refractivity contribution in [1.29, 1.82) is 0 Å². The van der Waals surface area contributed by atoms with Gasteiger partial charge >= 0.3 is 6.09 Å². The number of rotatable bonds is 11. The van der Waals surface area contributed by atoms with E-state index in [0.29, 0.717) is 13.2 Å². The molecule has 1 rings (SSSR count). The molecule has 1 fully saturated rings. The maximum atomic E-state index is 11.5. The zero-order valence-electron chi connectivity index (χ0n) is 13.6. The number of carbonyl (C=O) groups is 1. The average Bonchev–Trinajstić information content (AvgIpc) is 2.52. The predicted molar refractivity (Wildman–Crippen MR) is 84.6 cm³/mol. The summed E-state index contributed by atoms with van der Waals surface area (Å²) in [7, 11) is 0. The SMILES string of the molecule is CCCCCCCCOC(=O)NCCCN1CCOCC1. The number of carbonyl (C=O) groups excluding carboxylic acids is 1. The molecule has 0 aromatic rings. The lowest BCUT2D eigenvalue weighted by Gasteiger charge is -2.26. The van der Waals surface area contributed by atoms with Crippen LogP contribution in [0.2, 0.25) is 0 Å². The van der Waals surface area contributed by atoms with E-state index in [1.54, 1.807) is 0 Å². The van der Waals surface area contributed by atoms with Crippen molar-refractivity contribution in [2.24, 2.45) is 0 Å². The molecule has 5 heteroatoms. The highest BCUT2D eigenvalue weighted by Gasteiger charge is 2.09. The van der Waals surface area contributed by atoms with Crippen LogP contribution in [0.3, 0.4) is 0 Å². The first-order valence-electron chi connectivity index (χ1n) is 8.53.